The summed E-state index contributed by atoms with van der Waals surface area (Å²) < 4.78 is 0. The molecule has 0 bridgehead atoms. The van der Waals surface area contributed by atoms with E-state index in [1.165, 1.54) is 5.70 Å². The largest absolute Gasteiger partial charge is 0.860 e. The molecule has 0 aliphatic heterocycles. The van der Waals surface area contributed by atoms with Gasteiger partial charge in [0, 0.05) is 0 Å². The molecule has 0 aliphatic carbocycles. The van der Waals surface area contributed by atoms with Crippen LogP contribution in [-0.4, -0.2) is 26.9 Å². The maximum absolute atomic E-state index is 10.2. The van der Waals surface area contributed by atoms with Crippen LogP contribution in [0.2, 0.25) is 0 Å². The predicted molar refractivity (Wildman–Crippen MR) is 27.5 cm³/mol. The summed E-state index contributed by atoms with van der Waals surface area (Å²) in [6, 6.07) is 0. The van der Waals surface area contributed by atoms with Crippen molar-refractivity contribution in [2.75, 3.05) is 0 Å². The quantitative estimate of drug-likeness (QED) is 0.408. The zero-order valence-electron chi connectivity index (χ0n) is 3.19. The van der Waals surface area contributed by atoms with Gasteiger partial charge in [-0.2, -0.15) is 0 Å². The highest BCUT2D eigenvalue weighted by Crippen LogP contribution is 1.59. The fraction of sp³-hybridized carbons (Fsp3) is 0. The van der Waals surface area contributed by atoms with Crippen LogP contribution in [-0.2, 0) is 0 Å². The van der Waals surface area contributed by atoms with Crippen LogP contribution < -0.4 is 4.80 Å². The molecule has 0 rings (SSSR count). The highest BCUT2D eigenvalue weighted by Gasteiger charge is 1.77. The van der Waals surface area contributed by atoms with E-state index in [1.54, 1.807) is 0 Å². The summed E-state index contributed by atoms with van der Waals surface area (Å²) >= 11 is 0. The third-order valence-corrected chi connectivity index (χ3v) is 4.49. The molecule has 0 aromatic carbocycles. The molecule has 0 aliphatic rings. The van der Waals surface area contributed by atoms with Gasteiger partial charge in [-0.05, 0) is 18.3 Å². The average molecular weight is 127 g/mol. The molecule has 0 heterocycles. The Kier molecular flexibility index (Phi) is 3.74. The highest BCUT2D eigenvalue weighted by atomic mass is 29.5. The number of rotatable bonds is 2. The minimum absolute atomic E-state index is 0.365. The fourth-order valence-corrected chi connectivity index (χ4v) is 1.38. The lowest BCUT2D eigenvalue weighted by Crippen LogP contribution is -2.35. The summed E-state index contributed by atoms with van der Waals surface area (Å²) in [6.45, 7) is 3.34. The van der Waals surface area contributed by atoms with Crippen molar-refractivity contribution in [1.29, 1.82) is 0 Å². The van der Waals surface area contributed by atoms with Gasteiger partial charge in [0.2, 0.25) is 0 Å². The van der Waals surface area contributed by atoms with Gasteiger partial charge in [0.1, 0.15) is 0 Å². The lowest BCUT2D eigenvalue weighted by Gasteiger charge is -2.08. The van der Waals surface area contributed by atoms with E-state index in [4.69, 9.17) is 0 Å². The molecule has 0 aromatic rings. The summed E-state index contributed by atoms with van der Waals surface area (Å²) in [7, 11) is 2.06. The first-order chi connectivity index (χ1) is 2.81. The molecule has 6 radical (unpaired) electrons. The van der Waals surface area contributed by atoms with Crippen molar-refractivity contribution in [2.24, 2.45) is 0 Å². The molecule has 0 saturated heterocycles. The van der Waals surface area contributed by atoms with Crippen molar-refractivity contribution >= 4 is 26.9 Å². The van der Waals surface area contributed by atoms with Gasteiger partial charge in [0.05, 0.1) is 0 Å². The van der Waals surface area contributed by atoms with Crippen molar-refractivity contribution in [3.05, 3.63) is 12.3 Å². The second-order valence-corrected chi connectivity index (χ2v) is 6.56. The van der Waals surface area contributed by atoms with Crippen LogP contribution >= 0.6 is 0 Å². The summed E-state index contributed by atoms with van der Waals surface area (Å²) in [6.07, 6.45) is 0. The van der Waals surface area contributed by atoms with E-state index in [0.29, 0.717) is 8.55 Å². The van der Waals surface area contributed by atoms with Crippen LogP contribution in [0.3, 0.4) is 0 Å². The van der Waals surface area contributed by atoms with Gasteiger partial charge in [-0.15, -0.1) is 12.3 Å². The van der Waals surface area contributed by atoms with Crippen molar-refractivity contribution < 1.29 is 4.80 Å². The van der Waals surface area contributed by atoms with E-state index in [-0.39, 0.29) is 0 Å². The van der Waals surface area contributed by atoms with Crippen LogP contribution in [0.4, 0.5) is 0 Å². The lowest BCUT2D eigenvalue weighted by atomic mass is 11.3. The Bertz CT molecular complexity index is 46.1. The SMILES string of the molecule is C=C[Si]([O-])[Si][Si]. The van der Waals surface area contributed by atoms with Crippen LogP contribution in [0.1, 0.15) is 0 Å². The van der Waals surface area contributed by atoms with Crippen molar-refractivity contribution in [3.63, 3.8) is 0 Å². The second kappa shape index (κ2) is 3.54. The van der Waals surface area contributed by atoms with Crippen molar-refractivity contribution in [1.82, 2.24) is 0 Å². The van der Waals surface area contributed by atoms with Gasteiger partial charge in [-0.3, -0.25) is 0 Å². The normalized spacial score (nSPS) is 9.17. The van der Waals surface area contributed by atoms with Gasteiger partial charge in [-0.1, -0.05) is 8.56 Å². The summed E-state index contributed by atoms with van der Waals surface area (Å²) in [5, 5.41) is 0. The first-order valence-corrected chi connectivity index (χ1v) is 6.39. The zero-order chi connectivity index (χ0) is 4.99. The highest BCUT2D eigenvalue weighted by molar-refractivity contribution is 7.29. The Hall–Kier alpha value is 0.351. The van der Waals surface area contributed by atoms with E-state index in [0.717, 1.165) is 0 Å². The molecule has 0 fully saturated rings. The number of hydrogen-bond acceptors (Lipinski definition) is 1. The topological polar surface area (TPSA) is 23.1 Å². The first kappa shape index (κ1) is 6.35. The van der Waals surface area contributed by atoms with Gasteiger partial charge >= 0.3 is 0 Å². The fourth-order valence-electron chi connectivity index (χ4n) is 0.0510. The summed E-state index contributed by atoms with van der Waals surface area (Å²) in [5.41, 5.74) is 1.48. The third kappa shape index (κ3) is 2.58. The van der Waals surface area contributed by atoms with Crippen LogP contribution in [0.25, 0.3) is 0 Å². The number of hydrogen-bond donors (Lipinski definition) is 0. The van der Waals surface area contributed by atoms with Crippen LogP contribution in [0, 0.1) is 0 Å². The second-order valence-electron chi connectivity index (χ2n) is 0.693. The molecule has 6 heavy (non-hydrogen) atoms. The molecule has 0 spiro atoms. The van der Waals surface area contributed by atoms with E-state index < -0.39 is 8.56 Å². The molecule has 30 valence electrons. The Morgan fingerprint density at radius 1 is 2.00 bits per heavy atom. The Labute approximate surface area is 44.6 Å². The van der Waals surface area contributed by atoms with Gasteiger partial charge in [-0.25, -0.2) is 0 Å². The van der Waals surface area contributed by atoms with Crippen molar-refractivity contribution in [2.45, 2.75) is 0 Å². The van der Waals surface area contributed by atoms with E-state index in [2.05, 4.69) is 16.3 Å². The monoisotopic (exact) mass is 127 g/mol. The van der Waals surface area contributed by atoms with Gasteiger partial charge in [0.15, 0.2) is 0 Å². The van der Waals surface area contributed by atoms with Crippen LogP contribution in [0.15, 0.2) is 12.3 Å². The average Bonchev–Trinajstić information content (AvgIpc) is 1.65. The molecular weight excluding hydrogens is 124 g/mol. The zero-order valence-corrected chi connectivity index (χ0v) is 6.19. The molecule has 0 aromatic heterocycles. The Morgan fingerprint density at radius 3 is 2.50 bits per heavy atom. The molecule has 0 amide bonds. The van der Waals surface area contributed by atoms with Gasteiger partial charge < -0.3 is 4.80 Å². The Morgan fingerprint density at radius 2 is 2.50 bits per heavy atom. The molecule has 0 saturated carbocycles. The minimum Gasteiger partial charge on any atom is -0.860 e. The smallest absolute Gasteiger partial charge is 0.000527 e. The predicted octanol–water partition coefficient (Wildman–Crippen LogP) is -1.65. The van der Waals surface area contributed by atoms with E-state index >= 15 is 0 Å². The maximum Gasteiger partial charge on any atom is -0.000527 e. The summed E-state index contributed by atoms with van der Waals surface area (Å²) in [5.74, 6) is 0. The van der Waals surface area contributed by atoms with E-state index in [9.17, 15) is 4.80 Å². The van der Waals surface area contributed by atoms with Crippen LogP contribution in [0.5, 0.6) is 0 Å². The first-order valence-electron chi connectivity index (χ1n) is 1.40. The molecule has 1 nitrogen and oxygen atoms in total. The van der Waals surface area contributed by atoms with Crippen molar-refractivity contribution in [3.8, 4) is 0 Å². The molecular formula is C2H3OSi3-. The Balaban J connectivity index is 2.96. The van der Waals surface area contributed by atoms with Gasteiger partial charge in [0.25, 0.3) is 0 Å². The molecule has 0 atom stereocenters. The third-order valence-electron chi connectivity index (χ3n) is 0.309. The molecule has 4 heteroatoms. The van der Waals surface area contributed by atoms with E-state index in [1.807, 2.05) is 0 Å². The maximum atomic E-state index is 10.2. The minimum atomic E-state index is -1.41. The summed E-state index contributed by atoms with van der Waals surface area (Å²) in [4.78, 5) is 10.2. The lowest BCUT2D eigenvalue weighted by molar-refractivity contribution is -0.182. The molecule has 0 unspecified atom stereocenters. The molecule has 0 N–H and O–H groups in total. The standard InChI is InChI=1S/C2H3OSi3/c1-2-6(3)5-4/h2H,1H2/q-1.